The van der Waals surface area contributed by atoms with Crippen LogP contribution >= 0.6 is 0 Å². The van der Waals surface area contributed by atoms with E-state index in [-0.39, 0.29) is 0 Å². The molecule has 0 bridgehead atoms. The van der Waals surface area contributed by atoms with Gasteiger partial charge in [0.15, 0.2) is 11.5 Å². The van der Waals surface area contributed by atoms with E-state index in [0.29, 0.717) is 18.0 Å². The first-order chi connectivity index (χ1) is 14.8. The van der Waals surface area contributed by atoms with Gasteiger partial charge in [-0.1, -0.05) is 66.7 Å². The second-order valence-electron chi connectivity index (χ2n) is 6.83. The first-order valence-electron chi connectivity index (χ1n) is 9.81. The highest BCUT2D eigenvalue weighted by Gasteiger charge is 2.21. The fourth-order valence-electron chi connectivity index (χ4n) is 3.64. The molecule has 0 aliphatic heterocycles. The Bertz CT molecular complexity index is 1150. The van der Waals surface area contributed by atoms with Crippen LogP contribution in [-0.4, -0.2) is 23.8 Å². The monoisotopic (exact) mass is 396 g/mol. The number of imidazole rings is 1. The van der Waals surface area contributed by atoms with Crippen molar-refractivity contribution in [2.45, 2.75) is 6.54 Å². The number of benzene rings is 3. The quantitative estimate of drug-likeness (QED) is 0.355. The van der Waals surface area contributed by atoms with Gasteiger partial charge >= 0.3 is 0 Å². The van der Waals surface area contributed by atoms with Crippen molar-refractivity contribution in [1.82, 2.24) is 9.55 Å². The summed E-state index contributed by atoms with van der Waals surface area (Å²) in [7, 11) is 3.28. The molecule has 0 radical (unpaired) electrons. The molecule has 0 atom stereocenters. The van der Waals surface area contributed by atoms with Gasteiger partial charge in [-0.05, 0) is 18.2 Å². The number of hydrogen-bond donors (Lipinski definition) is 0. The van der Waals surface area contributed by atoms with Crippen LogP contribution in [0.3, 0.4) is 0 Å². The summed E-state index contributed by atoms with van der Waals surface area (Å²) < 4.78 is 13.1. The average molecular weight is 396 g/mol. The van der Waals surface area contributed by atoms with E-state index in [1.54, 1.807) is 14.2 Å². The molecule has 4 nitrogen and oxygen atoms in total. The second kappa shape index (κ2) is 8.70. The maximum Gasteiger partial charge on any atom is 0.161 e. The predicted octanol–water partition coefficient (Wildman–Crippen LogP) is 6.09. The maximum absolute atomic E-state index is 5.52. The molecule has 3 aromatic carbocycles. The molecule has 0 spiro atoms. The molecule has 0 aliphatic carbocycles. The Morgan fingerprint density at radius 3 is 2.03 bits per heavy atom. The van der Waals surface area contributed by atoms with Crippen LogP contribution in [0.5, 0.6) is 11.5 Å². The van der Waals surface area contributed by atoms with Crippen molar-refractivity contribution in [3.8, 4) is 45.4 Å². The third-order valence-electron chi connectivity index (χ3n) is 5.02. The summed E-state index contributed by atoms with van der Waals surface area (Å²) >= 11 is 0. The molecule has 4 heteroatoms. The minimum Gasteiger partial charge on any atom is -0.493 e. The SMILES string of the molecule is C=CCn1c(-c2ccc(OC)c(OC)c2)nc(-c2ccccc2)c1-c1ccccc1. The lowest BCUT2D eigenvalue weighted by atomic mass is 10.0. The van der Waals surface area contributed by atoms with E-state index in [4.69, 9.17) is 14.5 Å². The first-order valence-corrected chi connectivity index (χ1v) is 9.81. The summed E-state index contributed by atoms with van der Waals surface area (Å²) in [6, 6.07) is 26.5. The van der Waals surface area contributed by atoms with E-state index < -0.39 is 0 Å². The molecule has 0 saturated heterocycles. The highest BCUT2D eigenvalue weighted by atomic mass is 16.5. The number of ether oxygens (including phenoxy) is 2. The summed E-state index contributed by atoms with van der Waals surface area (Å²) in [5.41, 5.74) is 5.13. The van der Waals surface area contributed by atoms with E-state index in [9.17, 15) is 0 Å². The lowest BCUT2D eigenvalue weighted by Gasteiger charge is -2.13. The Hall–Kier alpha value is -3.79. The van der Waals surface area contributed by atoms with E-state index >= 15 is 0 Å². The minimum atomic E-state index is 0.633. The Morgan fingerprint density at radius 1 is 0.800 bits per heavy atom. The van der Waals surface area contributed by atoms with E-state index in [2.05, 4.69) is 35.4 Å². The highest BCUT2D eigenvalue weighted by molar-refractivity contribution is 5.82. The van der Waals surface area contributed by atoms with Gasteiger partial charge in [0, 0.05) is 23.2 Å². The van der Waals surface area contributed by atoms with Crippen LogP contribution < -0.4 is 9.47 Å². The number of aromatic nitrogens is 2. The van der Waals surface area contributed by atoms with E-state index in [1.165, 1.54) is 0 Å². The number of hydrogen-bond acceptors (Lipinski definition) is 3. The van der Waals surface area contributed by atoms with Crippen molar-refractivity contribution in [2.24, 2.45) is 0 Å². The number of nitrogens with zero attached hydrogens (tertiary/aromatic N) is 2. The van der Waals surface area contributed by atoms with Crippen LogP contribution in [0.15, 0.2) is 91.5 Å². The van der Waals surface area contributed by atoms with Gasteiger partial charge in [0.05, 0.1) is 25.6 Å². The van der Waals surface area contributed by atoms with Gasteiger partial charge < -0.3 is 14.0 Å². The van der Waals surface area contributed by atoms with Gasteiger partial charge in [0.25, 0.3) is 0 Å². The number of methoxy groups -OCH3 is 2. The normalized spacial score (nSPS) is 10.6. The Balaban J connectivity index is 2.00. The molecule has 4 aromatic rings. The van der Waals surface area contributed by atoms with Crippen LogP contribution in [0.25, 0.3) is 33.9 Å². The van der Waals surface area contributed by atoms with Crippen LogP contribution in [0.4, 0.5) is 0 Å². The molecule has 0 unspecified atom stereocenters. The third kappa shape index (κ3) is 3.60. The summed E-state index contributed by atoms with van der Waals surface area (Å²) in [4.78, 5) is 5.10. The molecular formula is C26H24N2O2. The topological polar surface area (TPSA) is 36.3 Å². The first kappa shape index (κ1) is 19.5. The van der Waals surface area contributed by atoms with Crippen LogP contribution in [-0.2, 0) is 6.54 Å². The van der Waals surface area contributed by atoms with Gasteiger partial charge in [-0.15, -0.1) is 6.58 Å². The molecule has 150 valence electrons. The summed E-state index contributed by atoms with van der Waals surface area (Å²) in [6.07, 6.45) is 1.90. The second-order valence-corrected chi connectivity index (χ2v) is 6.83. The van der Waals surface area contributed by atoms with Crippen molar-refractivity contribution in [3.05, 3.63) is 91.5 Å². The van der Waals surface area contributed by atoms with Gasteiger partial charge in [-0.2, -0.15) is 0 Å². The van der Waals surface area contributed by atoms with Crippen LogP contribution in [0.1, 0.15) is 0 Å². The average Bonchev–Trinajstić information content (AvgIpc) is 3.19. The fraction of sp³-hybridized carbons (Fsp3) is 0.115. The van der Waals surface area contributed by atoms with Crippen molar-refractivity contribution >= 4 is 0 Å². The Labute approximate surface area is 177 Å². The molecule has 1 aromatic heterocycles. The highest BCUT2D eigenvalue weighted by Crippen LogP contribution is 2.38. The Morgan fingerprint density at radius 2 is 1.43 bits per heavy atom. The molecular weight excluding hydrogens is 372 g/mol. The molecule has 0 saturated carbocycles. The number of rotatable bonds is 7. The van der Waals surface area contributed by atoms with Gasteiger partial charge in [-0.3, -0.25) is 0 Å². The van der Waals surface area contributed by atoms with Gasteiger partial charge in [-0.25, -0.2) is 4.98 Å². The molecule has 0 amide bonds. The summed E-state index contributed by atoms with van der Waals surface area (Å²) in [5.74, 6) is 2.22. The molecule has 1 heterocycles. The fourth-order valence-corrected chi connectivity index (χ4v) is 3.64. The van der Waals surface area contributed by atoms with Crippen molar-refractivity contribution in [2.75, 3.05) is 14.2 Å². The zero-order valence-electron chi connectivity index (χ0n) is 17.2. The Kier molecular flexibility index (Phi) is 5.66. The molecule has 0 N–H and O–H groups in total. The third-order valence-corrected chi connectivity index (χ3v) is 5.02. The molecule has 0 fully saturated rings. The molecule has 0 aliphatic rings. The van der Waals surface area contributed by atoms with Crippen molar-refractivity contribution < 1.29 is 9.47 Å². The van der Waals surface area contributed by atoms with E-state index in [1.807, 2.05) is 60.7 Å². The van der Waals surface area contributed by atoms with Gasteiger partial charge in [0.1, 0.15) is 5.82 Å². The summed E-state index contributed by atoms with van der Waals surface area (Å²) in [6.45, 7) is 4.61. The van der Waals surface area contributed by atoms with E-state index in [0.717, 1.165) is 33.9 Å². The lowest BCUT2D eigenvalue weighted by molar-refractivity contribution is 0.355. The zero-order valence-corrected chi connectivity index (χ0v) is 17.2. The van der Waals surface area contributed by atoms with Crippen LogP contribution in [0.2, 0.25) is 0 Å². The molecule has 4 rings (SSSR count). The largest absolute Gasteiger partial charge is 0.493 e. The number of allylic oxidation sites excluding steroid dienone is 1. The predicted molar refractivity (Wildman–Crippen MR) is 122 cm³/mol. The minimum absolute atomic E-state index is 0.633. The molecule has 30 heavy (non-hydrogen) atoms. The standard InChI is InChI=1S/C26H24N2O2/c1-4-17-28-25(20-13-9-6-10-14-20)24(19-11-7-5-8-12-19)27-26(28)21-15-16-22(29-2)23(18-21)30-3/h4-16,18H,1,17H2,2-3H3. The lowest BCUT2D eigenvalue weighted by Crippen LogP contribution is -2.01. The van der Waals surface area contributed by atoms with Crippen molar-refractivity contribution in [3.63, 3.8) is 0 Å². The van der Waals surface area contributed by atoms with Crippen molar-refractivity contribution in [1.29, 1.82) is 0 Å². The van der Waals surface area contributed by atoms with Gasteiger partial charge in [0.2, 0.25) is 0 Å². The van der Waals surface area contributed by atoms with Crippen LogP contribution in [0, 0.1) is 0 Å². The zero-order chi connectivity index (χ0) is 20.9. The maximum atomic E-state index is 5.52. The summed E-state index contributed by atoms with van der Waals surface area (Å²) in [5, 5.41) is 0. The smallest absolute Gasteiger partial charge is 0.161 e.